The standard InChI is InChI=1S/C25H27F2N3O5S/c1-14(16-9-18(26)12-19(27)10-16)30-8-7-15-5-6-20(11-17(15)13-30)36(33,34)29-23-21(24(31)32)22(35-28-23)25(2,3)4/h5-6,9-12,14H,7-8,13H2,1-4H3,(H,28,29)(H,31,32). The molecular formula is C25H27F2N3O5S. The molecule has 3 aromatic rings. The predicted octanol–water partition coefficient (Wildman–Crippen LogP) is 4.87. The van der Waals surface area contributed by atoms with E-state index in [4.69, 9.17) is 4.52 Å². The molecule has 0 radical (unpaired) electrons. The van der Waals surface area contributed by atoms with Gasteiger partial charge in [-0.05, 0) is 54.3 Å². The first-order valence-electron chi connectivity index (χ1n) is 11.3. The lowest BCUT2D eigenvalue weighted by Crippen LogP contribution is -2.33. The lowest BCUT2D eigenvalue weighted by molar-refractivity contribution is 0.0693. The van der Waals surface area contributed by atoms with Crippen molar-refractivity contribution >= 4 is 21.8 Å². The number of aromatic nitrogens is 1. The minimum Gasteiger partial charge on any atom is -0.477 e. The summed E-state index contributed by atoms with van der Waals surface area (Å²) in [5.74, 6) is -3.01. The SMILES string of the molecule is CC(c1cc(F)cc(F)c1)N1CCc2ccc(S(=O)(=O)Nc3noc(C(C)(C)C)c3C(=O)O)cc2C1. The predicted molar refractivity (Wildman–Crippen MR) is 128 cm³/mol. The highest BCUT2D eigenvalue weighted by Gasteiger charge is 2.33. The van der Waals surface area contributed by atoms with Gasteiger partial charge >= 0.3 is 5.97 Å². The van der Waals surface area contributed by atoms with Crippen LogP contribution in [0.15, 0.2) is 45.8 Å². The quantitative estimate of drug-likeness (QED) is 0.478. The molecule has 8 nitrogen and oxygen atoms in total. The van der Waals surface area contributed by atoms with E-state index in [-0.39, 0.29) is 22.3 Å². The van der Waals surface area contributed by atoms with Crippen molar-refractivity contribution in [2.24, 2.45) is 0 Å². The zero-order chi connectivity index (χ0) is 26.4. The first-order chi connectivity index (χ1) is 16.8. The second-order valence-electron chi connectivity index (χ2n) is 9.93. The van der Waals surface area contributed by atoms with Crippen LogP contribution in [0.5, 0.6) is 0 Å². The number of benzene rings is 2. The molecule has 1 unspecified atom stereocenters. The molecule has 1 aliphatic rings. The maximum absolute atomic E-state index is 13.7. The smallest absolute Gasteiger partial charge is 0.343 e. The van der Waals surface area contributed by atoms with Crippen LogP contribution in [0, 0.1) is 11.6 Å². The molecule has 0 saturated heterocycles. The molecule has 192 valence electrons. The van der Waals surface area contributed by atoms with Crippen molar-refractivity contribution in [1.29, 1.82) is 0 Å². The normalized spacial score (nSPS) is 15.4. The number of anilines is 1. The number of nitrogens with one attached hydrogen (secondary N) is 1. The van der Waals surface area contributed by atoms with Crippen LogP contribution in [0.4, 0.5) is 14.6 Å². The number of fused-ring (bicyclic) bond motifs is 1. The van der Waals surface area contributed by atoms with Crippen LogP contribution in [0.25, 0.3) is 0 Å². The second-order valence-corrected chi connectivity index (χ2v) is 11.6. The molecule has 1 aliphatic heterocycles. The first-order valence-corrected chi connectivity index (χ1v) is 12.8. The summed E-state index contributed by atoms with van der Waals surface area (Å²) in [5.41, 5.74) is 1.16. The Hall–Kier alpha value is -3.31. The van der Waals surface area contributed by atoms with Gasteiger partial charge in [-0.15, -0.1) is 0 Å². The number of hydrogen-bond donors (Lipinski definition) is 2. The number of nitrogens with zero attached hydrogens (tertiary/aromatic N) is 2. The summed E-state index contributed by atoms with van der Waals surface area (Å²) in [6, 6.07) is 7.79. The van der Waals surface area contributed by atoms with E-state index in [2.05, 4.69) is 9.88 Å². The second kappa shape index (κ2) is 9.29. The summed E-state index contributed by atoms with van der Waals surface area (Å²) < 4.78 is 61.2. The van der Waals surface area contributed by atoms with E-state index in [1.165, 1.54) is 24.3 Å². The van der Waals surface area contributed by atoms with E-state index in [0.29, 0.717) is 25.1 Å². The highest BCUT2D eigenvalue weighted by Crippen LogP contribution is 2.33. The molecule has 4 rings (SSSR count). The van der Waals surface area contributed by atoms with Gasteiger partial charge in [0, 0.05) is 30.6 Å². The number of hydrogen-bond acceptors (Lipinski definition) is 6. The fourth-order valence-electron chi connectivity index (χ4n) is 4.34. The number of sulfonamides is 1. The lowest BCUT2D eigenvalue weighted by atomic mass is 9.90. The van der Waals surface area contributed by atoms with Crippen LogP contribution in [0.3, 0.4) is 0 Å². The van der Waals surface area contributed by atoms with E-state index in [1.807, 2.05) is 11.8 Å². The third-order valence-electron chi connectivity index (χ3n) is 6.26. The largest absolute Gasteiger partial charge is 0.477 e. The number of carbonyl (C=O) groups is 1. The highest BCUT2D eigenvalue weighted by atomic mass is 32.2. The van der Waals surface area contributed by atoms with E-state index in [0.717, 1.165) is 17.2 Å². The maximum Gasteiger partial charge on any atom is 0.343 e. The molecule has 0 amide bonds. The van der Waals surface area contributed by atoms with Crippen molar-refractivity contribution in [3.8, 4) is 0 Å². The fourth-order valence-corrected chi connectivity index (χ4v) is 5.39. The zero-order valence-electron chi connectivity index (χ0n) is 20.3. The highest BCUT2D eigenvalue weighted by molar-refractivity contribution is 7.92. The Bertz CT molecular complexity index is 1410. The molecular weight excluding hydrogens is 492 g/mol. The monoisotopic (exact) mass is 519 g/mol. The Kier molecular flexibility index (Phi) is 6.65. The van der Waals surface area contributed by atoms with Gasteiger partial charge in [0.1, 0.15) is 17.2 Å². The number of halogens is 2. The summed E-state index contributed by atoms with van der Waals surface area (Å²) in [6.07, 6.45) is 0.632. The van der Waals surface area contributed by atoms with Gasteiger partial charge in [-0.1, -0.05) is 32.0 Å². The molecule has 1 atom stereocenters. The van der Waals surface area contributed by atoms with E-state index >= 15 is 0 Å². The molecule has 2 N–H and O–H groups in total. The molecule has 2 heterocycles. The third kappa shape index (κ3) is 5.12. The van der Waals surface area contributed by atoms with Crippen LogP contribution in [0.2, 0.25) is 0 Å². The molecule has 2 aromatic carbocycles. The summed E-state index contributed by atoms with van der Waals surface area (Å²) in [7, 11) is -4.19. The van der Waals surface area contributed by atoms with Crippen molar-refractivity contribution in [2.75, 3.05) is 11.3 Å². The van der Waals surface area contributed by atoms with E-state index in [1.54, 1.807) is 26.8 Å². The Morgan fingerprint density at radius 2 is 1.81 bits per heavy atom. The number of rotatable bonds is 6. The minimum atomic E-state index is -4.19. The molecule has 0 saturated carbocycles. The van der Waals surface area contributed by atoms with Gasteiger partial charge in [0.25, 0.3) is 10.0 Å². The van der Waals surface area contributed by atoms with Crippen LogP contribution >= 0.6 is 0 Å². The average Bonchev–Trinajstić information content (AvgIpc) is 3.21. The summed E-state index contributed by atoms with van der Waals surface area (Å²) in [4.78, 5) is 13.8. The van der Waals surface area contributed by atoms with Crippen molar-refractivity contribution < 1.29 is 31.6 Å². The number of carboxylic acids is 1. The Morgan fingerprint density at radius 1 is 1.14 bits per heavy atom. The van der Waals surface area contributed by atoms with Crippen LogP contribution in [-0.4, -0.2) is 36.1 Å². The van der Waals surface area contributed by atoms with Gasteiger partial charge in [-0.25, -0.2) is 22.0 Å². The van der Waals surface area contributed by atoms with Crippen LogP contribution in [0.1, 0.15) is 66.5 Å². The van der Waals surface area contributed by atoms with Gasteiger partial charge in [0.15, 0.2) is 11.6 Å². The van der Waals surface area contributed by atoms with Crippen molar-refractivity contribution in [1.82, 2.24) is 10.1 Å². The van der Waals surface area contributed by atoms with Gasteiger partial charge in [0.2, 0.25) is 0 Å². The molecule has 0 aliphatic carbocycles. The fraction of sp³-hybridized carbons (Fsp3) is 0.360. The van der Waals surface area contributed by atoms with Gasteiger partial charge in [-0.3, -0.25) is 9.62 Å². The first kappa shape index (κ1) is 25.8. The van der Waals surface area contributed by atoms with Crippen molar-refractivity contribution in [3.05, 3.63) is 76.0 Å². The van der Waals surface area contributed by atoms with Crippen molar-refractivity contribution in [2.45, 2.75) is 57.0 Å². The summed E-state index contributed by atoms with van der Waals surface area (Å²) in [6.45, 7) is 8.03. The minimum absolute atomic E-state index is 0.0524. The van der Waals surface area contributed by atoms with E-state index in [9.17, 15) is 27.1 Å². The Labute approximate surface area is 208 Å². The summed E-state index contributed by atoms with van der Waals surface area (Å²) in [5, 5.41) is 13.3. The molecule has 1 aromatic heterocycles. The van der Waals surface area contributed by atoms with Crippen LogP contribution in [-0.2, 0) is 28.4 Å². The molecule has 36 heavy (non-hydrogen) atoms. The molecule has 11 heteroatoms. The number of carboxylic acid groups (broad SMARTS) is 1. The Balaban J connectivity index is 1.61. The maximum atomic E-state index is 13.7. The van der Waals surface area contributed by atoms with E-state index < -0.39 is 38.9 Å². The van der Waals surface area contributed by atoms with Crippen LogP contribution < -0.4 is 4.72 Å². The molecule has 0 fully saturated rings. The third-order valence-corrected chi connectivity index (χ3v) is 7.60. The topological polar surface area (TPSA) is 113 Å². The van der Waals surface area contributed by atoms with Gasteiger partial charge in [0.05, 0.1) is 4.90 Å². The van der Waals surface area contributed by atoms with Crippen molar-refractivity contribution in [3.63, 3.8) is 0 Å². The average molecular weight is 520 g/mol. The summed E-state index contributed by atoms with van der Waals surface area (Å²) >= 11 is 0. The van der Waals surface area contributed by atoms with Gasteiger partial charge < -0.3 is 9.63 Å². The zero-order valence-corrected chi connectivity index (χ0v) is 21.1. The molecule has 0 bridgehead atoms. The Morgan fingerprint density at radius 3 is 2.42 bits per heavy atom. The van der Waals surface area contributed by atoms with Gasteiger partial charge in [-0.2, -0.15) is 0 Å². The molecule has 0 spiro atoms. The number of aromatic carboxylic acids is 1. The lowest BCUT2D eigenvalue weighted by Gasteiger charge is -2.34.